The molecule has 1 aliphatic heterocycles. The lowest BCUT2D eigenvalue weighted by Crippen LogP contribution is -2.41. The number of rotatable bonds is 10. The fraction of sp³-hybridized carbons (Fsp3) is 0.522. The van der Waals surface area contributed by atoms with Crippen LogP contribution in [0.2, 0.25) is 0 Å². The summed E-state index contributed by atoms with van der Waals surface area (Å²) in [4.78, 5) is 4.93. The van der Waals surface area contributed by atoms with Gasteiger partial charge in [0.1, 0.15) is 12.4 Å². The maximum absolute atomic E-state index is 5.64. The van der Waals surface area contributed by atoms with Gasteiger partial charge in [-0.1, -0.05) is 30.3 Å². The van der Waals surface area contributed by atoms with Crippen molar-refractivity contribution in [3.8, 4) is 0 Å². The van der Waals surface area contributed by atoms with E-state index in [1.54, 1.807) is 6.26 Å². The summed E-state index contributed by atoms with van der Waals surface area (Å²) in [6.07, 6.45) is 4.57. The van der Waals surface area contributed by atoms with Crippen molar-refractivity contribution in [1.29, 1.82) is 0 Å². The summed E-state index contributed by atoms with van der Waals surface area (Å²) in [6.45, 7) is 7.27. The Morgan fingerprint density at radius 2 is 1.90 bits per heavy atom. The standard InChI is InChI=1S/C23H33N3O3.HI/c1-2-24-22(25-13-7-14-28-18-21-10-6-15-29-21)26-19-23(11-16-27-17-12-23)20-8-4-3-5-9-20;/h3-6,8-10,15H,2,7,11-14,16-19H2,1H3,(H2,24,25,26);1H. The maximum Gasteiger partial charge on any atom is 0.191 e. The third-order valence-corrected chi connectivity index (χ3v) is 5.30. The molecule has 1 fully saturated rings. The van der Waals surface area contributed by atoms with E-state index in [4.69, 9.17) is 18.9 Å². The van der Waals surface area contributed by atoms with Crippen molar-refractivity contribution >= 4 is 29.9 Å². The molecule has 0 amide bonds. The first-order valence-electron chi connectivity index (χ1n) is 10.6. The van der Waals surface area contributed by atoms with Crippen LogP contribution in [0.5, 0.6) is 0 Å². The van der Waals surface area contributed by atoms with Crippen LogP contribution in [0.15, 0.2) is 58.1 Å². The molecule has 2 N–H and O–H groups in total. The molecule has 0 atom stereocenters. The number of aliphatic imine (C=N–C) groups is 1. The molecule has 0 bridgehead atoms. The van der Waals surface area contributed by atoms with Crippen LogP contribution >= 0.6 is 24.0 Å². The molecule has 30 heavy (non-hydrogen) atoms. The molecule has 0 unspecified atom stereocenters. The van der Waals surface area contributed by atoms with E-state index < -0.39 is 0 Å². The summed E-state index contributed by atoms with van der Waals surface area (Å²) in [6, 6.07) is 14.5. The minimum atomic E-state index is 0. The van der Waals surface area contributed by atoms with E-state index in [9.17, 15) is 0 Å². The molecule has 7 heteroatoms. The third-order valence-electron chi connectivity index (χ3n) is 5.30. The molecule has 1 aromatic heterocycles. The van der Waals surface area contributed by atoms with E-state index in [0.717, 1.165) is 63.8 Å². The summed E-state index contributed by atoms with van der Waals surface area (Å²) in [5.41, 5.74) is 1.41. The van der Waals surface area contributed by atoms with Crippen molar-refractivity contribution in [2.45, 2.75) is 38.2 Å². The van der Waals surface area contributed by atoms with Gasteiger partial charge in [-0.15, -0.1) is 24.0 Å². The molecule has 1 saturated heterocycles. The largest absolute Gasteiger partial charge is 0.467 e. The molecule has 6 nitrogen and oxygen atoms in total. The van der Waals surface area contributed by atoms with Gasteiger partial charge in [0.2, 0.25) is 0 Å². The van der Waals surface area contributed by atoms with Crippen molar-refractivity contribution in [2.75, 3.05) is 39.5 Å². The summed E-state index contributed by atoms with van der Waals surface area (Å²) >= 11 is 0. The fourth-order valence-corrected chi connectivity index (χ4v) is 3.61. The fourth-order valence-electron chi connectivity index (χ4n) is 3.61. The second kappa shape index (κ2) is 13.7. The van der Waals surface area contributed by atoms with E-state index >= 15 is 0 Å². The SMILES string of the molecule is CCNC(=NCC1(c2ccccc2)CCOCC1)NCCCOCc1ccco1.I. The highest BCUT2D eigenvalue weighted by atomic mass is 127. The molecule has 0 saturated carbocycles. The zero-order valence-electron chi connectivity index (χ0n) is 17.8. The van der Waals surface area contributed by atoms with Gasteiger partial charge in [0.15, 0.2) is 5.96 Å². The first kappa shape index (κ1) is 24.7. The van der Waals surface area contributed by atoms with E-state index in [1.165, 1.54) is 5.56 Å². The molecule has 3 rings (SSSR count). The van der Waals surface area contributed by atoms with Crippen molar-refractivity contribution in [3.63, 3.8) is 0 Å². The molecule has 166 valence electrons. The first-order chi connectivity index (χ1) is 14.3. The Labute approximate surface area is 196 Å². The topological polar surface area (TPSA) is 68.0 Å². The van der Waals surface area contributed by atoms with Gasteiger partial charge in [-0.3, -0.25) is 4.99 Å². The van der Waals surface area contributed by atoms with Crippen LogP contribution in [0.4, 0.5) is 0 Å². The lowest BCUT2D eigenvalue weighted by Gasteiger charge is -2.36. The van der Waals surface area contributed by atoms with Crippen LogP contribution in [0, 0.1) is 0 Å². The zero-order chi connectivity index (χ0) is 20.2. The monoisotopic (exact) mass is 527 g/mol. The Bertz CT molecular complexity index is 717. The van der Waals surface area contributed by atoms with Gasteiger partial charge in [-0.2, -0.15) is 0 Å². The predicted octanol–water partition coefficient (Wildman–Crippen LogP) is 4.11. The van der Waals surface area contributed by atoms with Crippen LogP contribution in [0.1, 0.15) is 37.5 Å². The van der Waals surface area contributed by atoms with Gasteiger partial charge in [0.25, 0.3) is 0 Å². The molecule has 2 heterocycles. The van der Waals surface area contributed by atoms with Crippen LogP contribution in [-0.2, 0) is 21.5 Å². The van der Waals surface area contributed by atoms with E-state index in [2.05, 4.69) is 47.9 Å². The minimum absolute atomic E-state index is 0. The molecule has 0 aliphatic carbocycles. The number of guanidine groups is 1. The molecular formula is C23H34IN3O3. The summed E-state index contributed by atoms with van der Waals surface area (Å²) in [5, 5.41) is 6.78. The average molecular weight is 527 g/mol. The van der Waals surface area contributed by atoms with Crippen molar-refractivity contribution in [3.05, 3.63) is 60.1 Å². The number of halogens is 1. The molecule has 1 aliphatic rings. The molecule has 2 aromatic rings. The highest BCUT2D eigenvalue weighted by Gasteiger charge is 2.34. The Morgan fingerprint density at radius 3 is 2.60 bits per heavy atom. The summed E-state index contributed by atoms with van der Waals surface area (Å²) in [7, 11) is 0. The third kappa shape index (κ3) is 7.59. The smallest absolute Gasteiger partial charge is 0.191 e. The maximum atomic E-state index is 5.64. The van der Waals surface area contributed by atoms with Gasteiger partial charge in [-0.05, 0) is 43.9 Å². The van der Waals surface area contributed by atoms with Gasteiger partial charge in [0, 0.05) is 38.3 Å². The van der Waals surface area contributed by atoms with Crippen molar-refractivity contribution in [2.24, 2.45) is 4.99 Å². The molecular weight excluding hydrogens is 493 g/mol. The van der Waals surface area contributed by atoms with Crippen LogP contribution in [0.3, 0.4) is 0 Å². The van der Waals surface area contributed by atoms with Gasteiger partial charge in [-0.25, -0.2) is 0 Å². The van der Waals surface area contributed by atoms with E-state index in [0.29, 0.717) is 13.2 Å². The van der Waals surface area contributed by atoms with Crippen LogP contribution in [-0.4, -0.2) is 45.4 Å². The van der Waals surface area contributed by atoms with Crippen molar-refractivity contribution < 1.29 is 13.9 Å². The van der Waals surface area contributed by atoms with E-state index in [-0.39, 0.29) is 29.4 Å². The number of hydrogen-bond donors (Lipinski definition) is 2. The zero-order valence-corrected chi connectivity index (χ0v) is 20.1. The Kier molecular flexibility index (Phi) is 11.2. The average Bonchev–Trinajstić information content (AvgIpc) is 3.29. The minimum Gasteiger partial charge on any atom is -0.467 e. The first-order valence-corrected chi connectivity index (χ1v) is 10.6. The second-order valence-electron chi connectivity index (χ2n) is 7.37. The second-order valence-corrected chi connectivity index (χ2v) is 7.37. The normalized spacial score (nSPS) is 16.0. The number of ether oxygens (including phenoxy) is 2. The molecule has 0 spiro atoms. The Balaban J connectivity index is 0.00000320. The highest BCUT2D eigenvalue weighted by Crippen LogP contribution is 2.35. The van der Waals surface area contributed by atoms with Crippen molar-refractivity contribution in [1.82, 2.24) is 10.6 Å². The van der Waals surface area contributed by atoms with Crippen LogP contribution < -0.4 is 10.6 Å². The number of nitrogens with zero attached hydrogens (tertiary/aromatic N) is 1. The predicted molar refractivity (Wildman–Crippen MR) is 131 cm³/mol. The Hall–Kier alpha value is -1.58. The quantitative estimate of drug-likeness (QED) is 0.211. The lowest BCUT2D eigenvalue weighted by atomic mass is 9.74. The van der Waals surface area contributed by atoms with Crippen LogP contribution in [0.25, 0.3) is 0 Å². The summed E-state index contributed by atoms with van der Waals surface area (Å²) < 4.78 is 16.5. The number of benzene rings is 1. The summed E-state index contributed by atoms with van der Waals surface area (Å²) in [5.74, 6) is 1.72. The number of nitrogens with one attached hydrogen (secondary N) is 2. The van der Waals surface area contributed by atoms with Gasteiger partial charge < -0.3 is 24.5 Å². The molecule has 0 radical (unpaired) electrons. The Morgan fingerprint density at radius 1 is 1.10 bits per heavy atom. The number of hydrogen-bond acceptors (Lipinski definition) is 4. The number of furan rings is 1. The van der Waals surface area contributed by atoms with Gasteiger partial charge >= 0.3 is 0 Å². The lowest BCUT2D eigenvalue weighted by molar-refractivity contribution is 0.0531. The van der Waals surface area contributed by atoms with E-state index in [1.807, 2.05) is 12.1 Å². The van der Waals surface area contributed by atoms with Gasteiger partial charge in [0.05, 0.1) is 12.8 Å². The highest BCUT2D eigenvalue weighted by molar-refractivity contribution is 14.0. The molecule has 1 aromatic carbocycles.